The van der Waals surface area contributed by atoms with Crippen molar-refractivity contribution in [2.75, 3.05) is 25.2 Å². The van der Waals surface area contributed by atoms with Crippen LogP contribution < -0.4 is 4.90 Å². The van der Waals surface area contributed by atoms with E-state index in [4.69, 9.17) is 9.26 Å². The van der Waals surface area contributed by atoms with Crippen LogP contribution in [-0.4, -0.2) is 46.5 Å². The third-order valence-corrected chi connectivity index (χ3v) is 3.87. The van der Waals surface area contributed by atoms with Gasteiger partial charge in [-0.25, -0.2) is 4.98 Å². The monoisotopic (exact) mass is 304 g/mol. The predicted molar refractivity (Wildman–Crippen MR) is 80.3 cm³/mol. The average Bonchev–Trinajstić information content (AvgIpc) is 3.04. The van der Waals surface area contributed by atoms with E-state index in [0.29, 0.717) is 18.3 Å². The Labute approximate surface area is 128 Å². The van der Waals surface area contributed by atoms with E-state index in [2.05, 4.69) is 20.0 Å². The molecule has 0 unspecified atom stereocenters. The number of methoxy groups -OCH3 is 1. The van der Waals surface area contributed by atoms with Gasteiger partial charge in [-0.2, -0.15) is 4.98 Å². The van der Waals surface area contributed by atoms with Gasteiger partial charge in [-0.05, 0) is 31.4 Å². The first-order chi connectivity index (χ1) is 10.8. The van der Waals surface area contributed by atoms with Gasteiger partial charge in [0.05, 0.1) is 18.2 Å². The van der Waals surface area contributed by atoms with Crippen LogP contribution in [0.15, 0.2) is 22.9 Å². The highest BCUT2D eigenvalue weighted by atomic mass is 16.5. The largest absolute Gasteiger partial charge is 0.394 e. The zero-order valence-corrected chi connectivity index (χ0v) is 12.6. The van der Waals surface area contributed by atoms with Gasteiger partial charge in [0, 0.05) is 19.9 Å². The van der Waals surface area contributed by atoms with E-state index in [1.165, 1.54) is 0 Å². The standard InChI is InChI=1S/C15H20N4O3/c1-21-10-13-17-15(22-18-13)11-5-6-14(16-8-11)19-7-3-2-4-12(19)9-20/h5-6,8,12,20H,2-4,7,9-10H2,1H3/t12-/m0/s1. The molecule has 2 aromatic rings. The lowest BCUT2D eigenvalue weighted by Crippen LogP contribution is -2.42. The number of hydrogen-bond acceptors (Lipinski definition) is 7. The second-order valence-corrected chi connectivity index (χ2v) is 5.38. The van der Waals surface area contributed by atoms with Gasteiger partial charge in [0.2, 0.25) is 0 Å². The van der Waals surface area contributed by atoms with Gasteiger partial charge < -0.3 is 19.3 Å². The number of ether oxygens (including phenoxy) is 1. The molecule has 0 aromatic carbocycles. The number of piperidine rings is 1. The molecule has 118 valence electrons. The Morgan fingerprint density at radius 1 is 1.41 bits per heavy atom. The molecule has 0 bridgehead atoms. The van der Waals surface area contributed by atoms with E-state index in [9.17, 15) is 5.11 Å². The van der Waals surface area contributed by atoms with E-state index in [0.717, 1.165) is 37.2 Å². The summed E-state index contributed by atoms with van der Waals surface area (Å²) in [6.45, 7) is 1.41. The molecule has 1 fully saturated rings. The average molecular weight is 304 g/mol. The maximum absolute atomic E-state index is 9.49. The molecular weight excluding hydrogens is 284 g/mol. The highest BCUT2D eigenvalue weighted by Crippen LogP contribution is 2.25. The van der Waals surface area contributed by atoms with Crippen LogP contribution in [0.3, 0.4) is 0 Å². The Morgan fingerprint density at radius 3 is 3.05 bits per heavy atom. The first-order valence-electron chi connectivity index (χ1n) is 7.47. The number of anilines is 1. The summed E-state index contributed by atoms with van der Waals surface area (Å²) in [5.74, 6) is 1.82. The lowest BCUT2D eigenvalue weighted by Gasteiger charge is -2.35. The summed E-state index contributed by atoms with van der Waals surface area (Å²) in [4.78, 5) is 10.9. The molecule has 1 atom stereocenters. The Hall–Kier alpha value is -1.99. The van der Waals surface area contributed by atoms with Gasteiger partial charge in [0.1, 0.15) is 12.4 Å². The second-order valence-electron chi connectivity index (χ2n) is 5.38. The SMILES string of the molecule is COCc1noc(-c2ccc(N3CCCC[C@H]3CO)nc2)n1. The lowest BCUT2D eigenvalue weighted by molar-refractivity contribution is 0.174. The number of nitrogens with zero attached hydrogens (tertiary/aromatic N) is 4. The van der Waals surface area contributed by atoms with Crippen molar-refractivity contribution in [1.82, 2.24) is 15.1 Å². The molecule has 3 rings (SSSR count). The molecule has 0 spiro atoms. The molecule has 3 heterocycles. The molecular formula is C15H20N4O3. The number of aliphatic hydroxyl groups excluding tert-OH is 1. The molecule has 0 amide bonds. The molecule has 1 aliphatic rings. The fourth-order valence-electron chi connectivity index (χ4n) is 2.73. The zero-order chi connectivity index (χ0) is 15.4. The van der Waals surface area contributed by atoms with Gasteiger partial charge in [-0.1, -0.05) is 5.16 Å². The maximum Gasteiger partial charge on any atom is 0.259 e. The first kappa shape index (κ1) is 14.9. The van der Waals surface area contributed by atoms with E-state index >= 15 is 0 Å². The van der Waals surface area contributed by atoms with Crippen LogP contribution >= 0.6 is 0 Å². The minimum Gasteiger partial charge on any atom is -0.394 e. The van der Waals surface area contributed by atoms with Crippen LogP contribution in [0.2, 0.25) is 0 Å². The number of hydrogen-bond donors (Lipinski definition) is 1. The topological polar surface area (TPSA) is 84.5 Å². The van der Waals surface area contributed by atoms with Crippen molar-refractivity contribution in [1.29, 1.82) is 0 Å². The smallest absolute Gasteiger partial charge is 0.259 e. The molecule has 7 heteroatoms. The van der Waals surface area contributed by atoms with Crippen LogP contribution in [0, 0.1) is 0 Å². The molecule has 1 N–H and O–H groups in total. The normalized spacial score (nSPS) is 18.6. The molecule has 1 aliphatic heterocycles. The van der Waals surface area contributed by atoms with Crippen molar-refractivity contribution in [2.45, 2.75) is 31.9 Å². The summed E-state index contributed by atoms with van der Waals surface area (Å²) in [5.41, 5.74) is 0.774. The Balaban J connectivity index is 1.76. The number of rotatable bonds is 5. The van der Waals surface area contributed by atoms with E-state index < -0.39 is 0 Å². The van der Waals surface area contributed by atoms with Gasteiger partial charge in [-0.15, -0.1) is 0 Å². The minimum atomic E-state index is 0.156. The fraction of sp³-hybridized carbons (Fsp3) is 0.533. The summed E-state index contributed by atoms with van der Waals surface area (Å²) in [5, 5.41) is 13.3. The van der Waals surface area contributed by atoms with E-state index in [1.807, 2.05) is 12.1 Å². The van der Waals surface area contributed by atoms with Crippen molar-refractivity contribution in [3.63, 3.8) is 0 Å². The maximum atomic E-state index is 9.49. The third kappa shape index (κ3) is 3.10. The molecule has 2 aromatic heterocycles. The van der Waals surface area contributed by atoms with E-state index in [-0.39, 0.29) is 12.6 Å². The molecule has 22 heavy (non-hydrogen) atoms. The molecule has 7 nitrogen and oxygen atoms in total. The van der Waals surface area contributed by atoms with Crippen LogP contribution in [0.5, 0.6) is 0 Å². The number of aliphatic hydroxyl groups is 1. The lowest BCUT2D eigenvalue weighted by atomic mass is 10.0. The summed E-state index contributed by atoms with van der Waals surface area (Å²) >= 11 is 0. The van der Waals surface area contributed by atoms with Crippen molar-refractivity contribution in [3.8, 4) is 11.5 Å². The minimum absolute atomic E-state index is 0.156. The second kappa shape index (κ2) is 6.85. The fourth-order valence-corrected chi connectivity index (χ4v) is 2.73. The van der Waals surface area contributed by atoms with Gasteiger partial charge >= 0.3 is 0 Å². The van der Waals surface area contributed by atoms with Gasteiger partial charge in [0.15, 0.2) is 5.82 Å². The van der Waals surface area contributed by atoms with Crippen LogP contribution in [0.25, 0.3) is 11.5 Å². The summed E-state index contributed by atoms with van der Waals surface area (Å²) in [7, 11) is 1.59. The van der Waals surface area contributed by atoms with Gasteiger partial charge in [-0.3, -0.25) is 0 Å². The number of aromatic nitrogens is 3. The highest BCUT2D eigenvalue weighted by molar-refractivity contribution is 5.55. The summed E-state index contributed by atoms with van der Waals surface area (Å²) < 4.78 is 10.2. The third-order valence-electron chi connectivity index (χ3n) is 3.87. The Kier molecular flexibility index (Phi) is 4.65. The summed E-state index contributed by atoms with van der Waals surface area (Å²) in [6, 6.07) is 4.00. The van der Waals surface area contributed by atoms with Crippen molar-refractivity contribution >= 4 is 5.82 Å². The zero-order valence-electron chi connectivity index (χ0n) is 12.6. The highest BCUT2D eigenvalue weighted by Gasteiger charge is 2.22. The molecule has 1 saturated heterocycles. The molecule has 0 saturated carbocycles. The van der Waals surface area contributed by atoms with E-state index in [1.54, 1.807) is 13.3 Å². The van der Waals surface area contributed by atoms with Crippen molar-refractivity contribution < 1.29 is 14.4 Å². The molecule has 0 aliphatic carbocycles. The Bertz CT molecular complexity index is 599. The quantitative estimate of drug-likeness (QED) is 0.898. The van der Waals surface area contributed by atoms with Crippen LogP contribution in [-0.2, 0) is 11.3 Å². The predicted octanol–water partition coefficient (Wildman–Crippen LogP) is 1.63. The summed E-state index contributed by atoms with van der Waals surface area (Å²) in [6.07, 6.45) is 5.01. The van der Waals surface area contributed by atoms with Crippen LogP contribution in [0.1, 0.15) is 25.1 Å². The van der Waals surface area contributed by atoms with Crippen LogP contribution in [0.4, 0.5) is 5.82 Å². The number of pyridine rings is 1. The molecule has 0 radical (unpaired) electrons. The Morgan fingerprint density at radius 2 is 2.32 bits per heavy atom. The van der Waals surface area contributed by atoms with Crippen molar-refractivity contribution in [3.05, 3.63) is 24.2 Å². The first-order valence-corrected chi connectivity index (χ1v) is 7.47. The van der Waals surface area contributed by atoms with Gasteiger partial charge in [0.25, 0.3) is 5.89 Å². The van der Waals surface area contributed by atoms with Crippen molar-refractivity contribution in [2.24, 2.45) is 0 Å².